The summed E-state index contributed by atoms with van der Waals surface area (Å²) >= 11 is 9.16. The highest BCUT2D eigenvalue weighted by Gasteiger charge is 2.39. The molecule has 1 fully saturated rings. The molecule has 5 nitrogen and oxygen atoms in total. The molecule has 8 heteroatoms. The predicted octanol–water partition coefficient (Wildman–Crippen LogP) is 2.98. The predicted molar refractivity (Wildman–Crippen MR) is 82.9 cm³/mol. The molecule has 1 aliphatic heterocycles. The van der Waals surface area contributed by atoms with Gasteiger partial charge in [-0.1, -0.05) is 11.6 Å². The molecule has 0 aromatic heterocycles. The summed E-state index contributed by atoms with van der Waals surface area (Å²) < 4.78 is 27.2. The smallest absolute Gasteiger partial charge is 0.308 e. The van der Waals surface area contributed by atoms with Crippen LogP contribution in [0.4, 0.5) is 0 Å². The number of hydrogen-bond donors (Lipinski definition) is 1. The molecule has 0 aliphatic carbocycles. The molecule has 0 amide bonds. The van der Waals surface area contributed by atoms with E-state index in [4.69, 9.17) is 11.6 Å². The van der Waals surface area contributed by atoms with Gasteiger partial charge in [0.25, 0.3) is 0 Å². The maximum Gasteiger partial charge on any atom is 0.308 e. The second-order valence-corrected chi connectivity index (χ2v) is 8.17. The molecule has 0 unspecified atom stereocenters. The van der Waals surface area contributed by atoms with E-state index in [1.165, 1.54) is 16.4 Å². The highest BCUT2D eigenvalue weighted by molar-refractivity contribution is 9.10. The van der Waals surface area contributed by atoms with Crippen LogP contribution in [-0.4, -0.2) is 36.4 Å². The summed E-state index contributed by atoms with van der Waals surface area (Å²) in [6.45, 7) is 1.96. The fourth-order valence-corrected chi connectivity index (χ4v) is 4.78. The van der Waals surface area contributed by atoms with Crippen molar-refractivity contribution in [1.82, 2.24) is 4.31 Å². The zero-order valence-electron chi connectivity index (χ0n) is 11.3. The third-order valence-corrected chi connectivity index (χ3v) is 6.96. The molecule has 2 atom stereocenters. The van der Waals surface area contributed by atoms with Crippen LogP contribution in [0.3, 0.4) is 0 Å². The topological polar surface area (TPSA) is 74.7 Å². The van der Waals surface area contributed by atoms with Crippen molar-refractivity contribution < 1.29 is 18.3 Å². The number of nitrogens with zero attached hydrogens (tertiary/aromatic N) is 1. The Kier molecular flexibility index (Phi) is 4.97. The van der Waals surface area contributed by atoms with Gasteiger partial charge in [-0.25, -0.2) is 8.42 Å². The Morgan fingerprint density at radius 1 is 1.48 bits per heavy atom. The van der Waals surface area contributed by atoms with E-state index >= 15 is 0 Å². The SMILES string of the molecule is C[C@@H]1[C@H](C(=O)O)CCCN1S(=O)(=O)c1ccc(Br)c(Cl)c1. The maximum atomic E-state index is 12.7. The van der Waals surface area contributed by atoms with Gasteiger partial charge in [0.1, 0.15) is 0 Å². The largest absolute Gasteiger partial charge is 0.481 e. The van der Waals surface area contributed by atoms with Crippen molar-refractivity contribution in [2.45, 2.75) is 30.7 Å². The summed E-state index contributed by atoms with van der Waals surface area (Å²) in [4.78, 5) is 11.3. The van der Waals surface area contributed by atoms with Gasteiger partial charge in [-0.05, 0) is 53.9 Å². The zero-order chi connectivity index (χ0) is 15.8. The number of piperidine rings is 1. The van der Waals surface area contributed by atoms with Crippen molar-refractivity contribution in [2.24, 2.45) is 5.92 Å². The Hall–Kier alpha value is -0.630. The third kappa shape index (κ3) is 3.26. The van der Waals surface area contributed by atoms with Gasteiger partial charge in [-0.2, -0.15) is 4.31 Å². The molecule has 0 bridgehead atoms. The number of carbonyl (C=O) groups is 1. The van der Waals surface area contributed by atoms with Crippen molar-refractivity contribution in [1.29, 1.82) is 0 Å². The fraction of sp³-hybridized carbons (Fsp3) is 0.462. The highest BCUT2D eigenvalue weighted by Crippen LogP contribution is 2.32. The van der Waals surface area contributed by atoms with Gasteiger partial charge in [0.05, 0.1) is 15.8 Å². The molecule has 1 saturated heterocycles. The molecule has 116 valence electrons. The molecule has 1 aromatic rings. The van der Waals surface area contributed by atoms with Gasteiger partial charge >= 0.3 is 5.97 Å². The van der Waals surface area contributed by atoms with E-state index in [-0.39, 0.29) is 4.90 Å². The number of aliphatic carboxylic acids is 1. The molecule has 0 radical (unpaired) electrons. The first-order valence-corrected chi connectivity index (χ1v) is 9.06. The van der Waals surface area contributed by atoms with Gasteiger partial charge in [-0.15, -0.1) is 0 Å². The first-order valence-electron chi connectivity index (χ1n) is 6.45. The first-order chi connectivity index (χ1) is 9.75. The van der Waals surface area contributed by atoms with Crippen molar-refractivity contribution in [3.8, 4) is 0 Å². The lowest BCUT2D eigenvalue weighted by Gasteiger charge is -2.36. The molecule has 1 heterocycles. The molecule has 0 saturated carbocycles. The van der Waals surface area contributed by atoms with Gasteiger partial charge in [0, 0.05) is 17.1 Å². The van der Waals surface area contributed by atoms with Crippen LogP contribution in [0.1, 0.15) is 19.8 Å². The average Bonchev–Trinajstić information content (AvgIpc) is 2.41. The van der Waals surface area contributed by atoms with E-state index < -0.39 is 28.0 Å². The second kappa shape index (κ2) is 6.24. The Bertz CT molecular complexity index is 664. The van der Waals surface area contributed by atoms with Crippen LogP contribution in [0.25, 0.3) is 0 Å². The molecule has 1 N–H and O–H groups in total. The average molecular weight is 397 g/mol. The number of rotatable bonds is 3. The quantitative estimate of drug-likeness (QED) is 0.852. The summed E-state index contributed by atoms with van der Waals surface area (Å²) in [5, 5.41) is 9.50. The second-order valence-electron chi connectivity index (χ2n) is 5.02. The lowest BCUT2D eigenvalue weighted by atomic mass is 9.92. The van der Waals surface area contributed by atoms with Crippen LogP contribution in [0.5, 0.6) is 0 Å². The summed E-state index contributed by atoms with van der Waals surface area (Å²) in [6, 6.07) is 3.82. The molecular formula is C13H15BrClNO4S. The summed E-state index contributed by atoms with van der Waals surface area (Å²) in [7, 11) is -3.75. The molecule has 21 heavy (non-hydrogen) atoms. The molecule has 1 aliphatic rings. The van der Waals surface area contributed by atoms with Gasteiger partial charge in [0.15, 0.2) is 0 Å². The number of carboxylic acids is 1. The molecule has 1 aromatic carbocycles. The Labute approximate surface area is 137 Å². The lowest BCUT2D eigenvalue weighted by molar-refractivity contribution is -0.144. The number of benzene rings is 1. The minimum Gasteiger partial charge on any atom is -0.481 e. The van der Waals surface area contributed by atoms with Crippen LogP contribution in [0.2, 0.25) is 5.02 Å². The maximum absolute atomic E-state index is 12.7. The van der Waals surface area contributed by atoms with Crippen LogP contribution in [0, 0.1) is 5.92 Å². The van der Waals surface area contributed by atoms with Crippen molar-refractivity contribution in [3.63, 3.8) is 0 Å². The van der Waals surface area contributed by atoms with Crippen molar-refractivity contribution >= 4 is 43.5 Å². The Balaban J connectivity index is 2.38. The molecular weight excluding hydrogens is 382 g/mol. The fourth-order valence-electron chi connectivity index (χ4n) is 2.55. The minimum absolute atomic E-state index is 0.0774. The van der Waals surface area contributed by atoms with E-state index in [1.807, 2.05) is 0 Å². The normalized spacial score (nSPS) is 24.0. The number of halogens is 2. The van der Waals surface area contributed by atoms with E-state index in [0.29, 0.717) is 28.9 Å². The van der Waals surface area contributed by atoms with Crippen LogP contribution >= 0.6 is 27.5 Å². The Morgan fingerprint density at radius 3 is 2.71 bits per heavy atom. The summed E-state index contributed by atoms with van der Waals surface area (Å²) in [5.41, 5.74) is 0. The van der Waals surface area contributed by atoms with E-state index in [0.717, 1.165) is 0 Å². The van der Waals surface area contributed by atoms with Crippen LogP contribution in [0.15, 0.2) is 27.6 Å². The number of hydrogen-bond acceptors (Lipinski definition) is 3. The molecule has 2 rings (SSSR count). The monoisotopic (exact) mass is 395 g/mol. The first kappa shape index (κ1) is 16.7. The van der Waals surface area contributed by atoms with E-state index in [1.54, 1.807) is 13.0 Å². The van der Waals surface area contributed by atoms with Crippen molar-refractivity contribution in [3.05, 3.63) is 27.7 Å². The minimum atomic E-state index is -3.75. The van der Waals surface area contributed by atoms with E-state index in [2.05, 4.69) is 15.9 Å². The van der Waals surface area contributed by atoms with Crippen LogP contribution in [-0.2, 0) is 14.8 Å². The Morgan fingerprint density at radius 2 is 2.14 bits per heavy atom. The summed E-state index contributed by atoms with van der Waals surface area (Å²) in [5.74, 6) is -1.64. The number of carboxylic acid groups (broad SMARTS) is 1. The molecule has 0 spiro atoms. The highest BCUT2D eigenvalue weighted by atomic mass is 79.9. The standard InChI is InChI=1S/C13H15BrClNO4S/c1-8-10(13(17)18)3-2-6-16(8)21(19,20)9-4-5-11(14)12(15)7-9/h4-5,7-8,10H,2-3,6H2,1H3,(H,17,18)/t8-,10-/m1/s1. The zero-order valence-corrected chi connectivity index (χ0v) is 14.4. The van der Waals surface area contributed by atoms with Crippen LogP contribution < -0.4 is 0 Å². The van der Waals surface area contributed by atoms with Gasteiger partial charge in [0.2, 0.25) is 10.0 Å². The van der Waals surface area contributed by atoms with Crippen molar-refractivity contribution in [2.75, 3.05) is 6.54 Å². The number of sulfonamides is 1. The summed E-state index contributed by atoms with van der Waals surface area (Å²) in [6.07, 6.45) is 1.02. The third-order valence-electron chi connectivity index (χ3n) is 3.75. The van der Waals surface area contributed by atoms with E-state index in [9.17, 15) is 18.3 Å². The lowest BCUT2D eigenvalue weighted by Crippen LogP contribution is -2.48. The van der Waals surface area contributed by atoms with Gasteiger partial charge < -0.3 is 5.11 Å². The van der Waals surface area contributed by atoms with Gasteiger partial charge in [-0.3, -0.25) is 4.79 Å².